The number of allylic oxidation sites excluding steroid dienone is 1. The van der Waals surface area contributed by atoms with E-state index in [4.69, 9.17) is 0 Å². The van der Waals surface area contributed by atoms with Gasteiger partial charge >= 0.3 is 0 Å². The summed E-state index contributed by atoms with van der Waals surface area (Å²) in [5, 5.41) is 1.23. The van der Waals surface area contributed by atoms with E-state index in [0.717, 1.165) is 19.3 Å². The van der Waals surface area contributed by atoms with Gasteiger partial charge in [-0.2, -0.15) is 0 Å². The van der Waals surface area contributed by atoms with Crippen LogP contribution in [-0.4, -0.2) is 8.42 Å². The molecule has 0 atom stereocenters. The Balaban J connectivity index is 3.25. The highest BCUT2D eigenvalue weighted by Crippen LogP contribution is 1.93. The molecule has 0 aromatic rings. The summed E-state index contributed by atoms with van der Waals surface area (Å²) in [6.07, 6.45) is 4.74. The van der Waals surface area contributed by atoms with Crippen molar-refractivity contribution in [1.29, 1.82) is 0 Å². The molecule has 0 bridgehead atoms. The molecule has 0 unspecified atom stereocenters. The molecule has 0 aliphatic carbocycles. The standard InChI is InChI=1S/C6H12O2S/c1-2-3-4-5-6-9(7)8/h5-6,9H,2-4H2,1H3. The zero-order chi connectivity index (χ0) is 7.11. The zero-order valence-corrected chi connectivity index (χ0v) is 6.43. The fourth-order valence-corrected chi connectivity index (χ4v) is 0.804. The van der Waals surface area contributed by atoms with Gasteiger partial charge in [0.2, 0.25) is 0 Å². The fraction of sp³-hybridized carbons (Fsp3) is 0.667. The van der Waals surface area contributed by atoms with Crippen molar-refractivity contribution in [3.05, 3.63) is 11.5 Å². The topological polar surface area (TPSA) is 34.1 Å². The Hall–Kier alpha value is -0.310. The van der Waals surface area contributed by atoms with Gasteiger partial charge in [-0.25, -0.2) is 8.42 Å². The lowest BCUT2D eigenvalue weighted by Crippen LogP contribution is -1.68. The lowest BCUT2D eigenvalue weighted by atomic mass is 10.2. The van der Waals surface area contributed by atoms with Gasteiger partial charge in [0, 0.05) is 5.41 Å². The number of rotatable bonds is 4. The Labute approximate surface area is 57.5 Å². The van der Waals surface area contributed by atoms with Crippen molar-refractivity contribution in [2.24, 2.45) is 0 Å². The lowest BCUT2D eigenvalue weighted by Gasteiger charge is -1.83. The molecule has 0 amide bonds. The third-order valence-electron chi connectivity index (χ3n) is 0.951. The summed E-state index contributed by atoms with van der Waals surface area (Å²) in [6, 6.07) is 0. The van der Waals surface area contributed by atoms with Crippen LogP contribution in [0.1, 0.15) is 26.2 Å². The first-order valence-electron chi connectivity index (χ1n) is 3.07. The number of thiol groups is 1. The van der Waals surface area contributed by atoms with E-state index in [-0.39, 0.29) is 0 Å². The summed E-state index contributed by atoms with van der Waals surface area (Å²) in [4.78, 5) is 0. The summed E-state index contributed by atoms with van der Waals surface area (Å²) < 4.78 is 19.8. The van der Waals surface area contributed by atoms with Crippen LogP contribution >= 0.6 is 0 Å². The van der Waals surface area contributed by atoms with E-state index in [0.29, 0.717) is 0 Å². The molecule has 9 heavy (non-hydrogen) atoms. The van der Waals surface area contributed by atoms with Crippen molar-refractivity contribution in [3.63, 3.8) is 0 Å². The van der Waals surface area contributed by atoms with Crippen LogP contribution in [-0.2, 0) is 10.7 Å². The highest BCUT2D eigenvalue weighted by molar-refractivity contribution is 7.75. The average molecular weight is 148 g/mol. The number of unbranched alkanes of at least 4 members (excludes halogenated alkanes) is 2. The fourth-order valence-electron chi connectivity index (χ4n) is 0.483. The Kier molecular flexibility index (Phi) is 5.62. The third kappa shape index (κ3) is 7.69. The molecule has 0 saturated heterocycles. The van der Waals surface area contributed by atoms with Crippen LogP contribution in [0, 0.1) is 0 Å². The molecule has 0 rings (SSSR count). The molecule has 0 aromatic heterocycles. The van der Waals surface area contributed by atoms with Crippen molar-refractivity contribution in [2.45, 2.75) is 26.2 Å². The molecule has 0 N–H and O–H groups in total. The minimum Gasteiger partial charge on any atom is -0.227 e. The van der Waals surface area contributed by atoms with Crippen LogP contribution in [0.2, 0.25) is 0 Å². The zero-order valence-electron chi connectivity index (χ0n) is 5.54. The second-order valence-electron chi connectivity index (χ2n) is 1.81. The van der Waals surface area contributed by atoms with Crippen LogP contribution in [0.3, 0.4) is 0 Å². The molecule has 0 aliphatic heterocycles. The lowest BCUT2D eigenvalue weighted by molar-refractivity contribution is 0.621. The predicted molar refractivity (Wildman–Crippen MR) is 39.0 cm³/mol. The van der Waals surface area contributed by atoms with Crippen molar-refractivity contribution >= 4 is 10.7 Å². The maximum atomic E-state index is 9.91. The van der Waals surface area contributed by atoms with Gasteiger partial charge in [-0.3, -0.25) is 0 Å². The Morgan fingerprint density at radius 3 is 2.56 bits per heavy atom. The van der Waals surface area contributed by atoms with Crippen molar-refractivity contribution in [3.8, 4) is 0 Å². The van der Waals surface area contributed by atoms with Gasteiger partial charge in [0.1, 0.15) is 0 Å². The maximum absolute atomic E-state index is 9.91. The van der Waals surface area contributed by atoms with E-state index < -0.39 is 10.7 Å². The summed E-state index contributed by atoms with van der Waals surface area (Å²) in [6.45, 7) is 2.07. The molecule has 3 heteroatoms. The van der Waals surface area contributed by atoms with E-state index in [9.17, 15) is 8.42 Å². The minimum absolute atomic E-state index is 0.875. The Morgan fingerprint density at radius 1 is 1.44 bits per heavy atom. The van der Waals surface area contributed by atoms with Gasteiger partial charge in [-0.1, -0.05) is 25.8 Å². The van der Waals surface area contributed by atoms with Crippen molar-refractivity contribution in [2.75, 3.05) is 0 Å². The van der Waals surface area contributed by atoms with E-state index >= 15 is 0 Å². The molecular weight excluding hydrogens is 136 g/mol. The molecule has 0 fully saturated rings. The van der Waals surface area contributed by atoms with Gasteiger partial charge < -0.3 is 0 Å². The van der Waals surface area contributed by atoms with Gasteiger partial charge in [0.15, 0.2) is 10.7 Å². The third-order valence-corrected chi connectivity index (χ3v) is 1.41. The molecular formula is C6H12O2S. The first-order valence-corrected chi connectivity index (χ1v) is 4.32. The van der Waals surface area contributed by atoms with Gasteiger partial charge in [-0.05, 0) is 6.42 Å². The minimum atomic E-state index is -2.30. The first kappa shape index (κ1) is 8.69. The monoisotopic (exact) mass is 148 g/mol. The normalized spacial score (nSPS) is 11.3. The van der Waals surface area contributed by atoms with E-state index in [2.05, 4.69) is 6.92 Å². The van der Waals surface area contributed by atoms with Crippen LogP contribution in [0.25, 0.3) is 0 Å². The van der Waals surface area contributed by atoms with Crippen molar-refractivity contribution in [1.82, 2.24) is 0 Å². The van der Waals surface area contributed by atoms with E-state index in [1.54, 1.807) is 6.08 Å². The highest BCUT2D eigenvalue weighted by Gasteiger charge is 1.76. The average Bonchev–Trinajstić information content (AvgIpc) is 1.80. The molecule has 0 saturated carbocycles. The summed E-state index contributed by atoms with van der Waals surface area (Å²) in [5.74, 6) is 0. The Morgan fingerprint density at radius 2 is 2.11 bits per heavy atom. The van der Waals surface area contributed by atoms with E-state index in [1.807, 2.05) is 0 Å². The van der Waals surface area contributed by atoms with Crippen molar-refractivity contribution < 1.29 is 8.42 Å². The van der Waals surface area contributed by atoms with Gasteiger partial charge in [-0.15, -0.1) is 0 Å². The molecule has 0 spiro atoms. The molecule has 0 heterocycles. The molecule has 2 nitrogen and oxygen atoms in total. The maximum Gasteiger partial charge on any atom is 0.161 e. The van der Waals surface area contributed by atoms with Gasteiger partial charge in [0.25, 0.3) is 0 Å². The van der Waals surface area contributed by atoms with E-state index in [1.165, 1.54) is 5.41 Å². The quantitative estimate of drug-likeness (QED) is 0.481. The Bertz CT molecular complexity index is 139. The second kappa shape index (κ2) is 5.82. The van der Waals surface area contributed by atoms with Crippen LogP contribution in [0.4, 0.5) is 0 Å². The molecule has 0 radical (unpaired) electrons. The van der Waals surface area contributed by atoms with Crippen LogP contribution in [0.5, 0.6) is 0 Å². The molecule has 0 aromatic carbocycles. The first-order chi connectivity index (χ1) is 4.27. The largest absolute Gasteiger partial charge is 0.227 e. The second-order valence-corrected chi connectivity index (χ2v) is 2.68. The smallest absolute Gasteiger partial charge is 0.161 e. The molecule has 0 aliphatic rings. The predicted octanol–water partition coefficient (Wildman–Crippen LogP) is 1.30. The van der Waals surface area contributed by atoms with Crippen LogP contribution < -0.4 is 0 Å². The highest BCUT2D eigenvalue weighted by atomic mass is 32.2. The number of hydrogen-bond donors (Lipinski definition) is 1. The number of hydrogen-bond acceptors (Lipinski definition) is 2. The van der Waals surface area contributed by atoms with Gasteiger partial charge in [0.05, 0.1) is 0 Å². The summed E-state index contributed by atoms with van der Waals surface area (Å²) in [5.41, 5.74) is 0. The summed E-state index contributed by atoms with van der Waals surface area (Å²) in [7, 11) is -2.30. The van der Waals surface area contributed by atoms with Crippen LogP contribution in [0.15, 0.2) is 11.5 Å². The summed E-state index contributed by atoms with van der Waals surface area (Å²) >= 11 is 0. The molecule has 54 valence electrons. The SMILES string of the molecule is CCCCC=C[SH](=O)=O.